The van der Waals surface area contributed by atoms with E-state index >= 15 is 0 Å². The van der Waals surface area contributed by atoms with Gasteiger partial charge in [0.15, 0.2) is 0 Å². The number of rotatable bonds is 6. The summed E-state index contributed by atoms with van der Waals surface area (Å²) in [6, 6.07) is 0. The number of morpholine rings is 1. The minimum absolute atomic E-state index is 0.290. The molecule has 4 fully saturated rings. The van der Waals surface area contributed by atoms with Crippen molar-refractivity contribution in [3.05, 3.63) is 35.5 Å². The third-order valence-corrected chi connectivity index (χ3v) is 9.38. The van der Waals surface area contributed by atoms with Crippen LogP contribution in [0.25, 0.3) is 0 Å². The van der Waals surface area contributed by atoms with Crippen molar-refractivity contribution < 1.29 is 23.7 Å². The molecule has 0 radical (unpaired) electrons. The Labute approximate surface area is 203 Å². The molecule has 2 unspecified atom stereocenters. The Balaban J connectivity index is 1.37. The number of nitrogens with zero attached hydrogens (tertiary/aromatic N) is 1. The third kappa shape index (κ3) is 5.50. The van der Waals surface area contributed by atoms with Crippen molar-refractivity contribution >= 4 is 0 Å². The molecule has 192 valence electrons. The van der Waals surface area contributed by atoms with Gasteiger partial charge in [0.25, 0.3) is 6.43 Å². The number of ether oxygens (including phenoxy) is 1. The third-order valence-electron chi connectivity index (χ3n) is 9.38. The normalized spacial score (nSPS) is 39.5. The fraction of sp³-hybridized carbons (Fsp3) is 0.786. The maximum Gasteiger partial charge on any atom is 0.265 e. The van der Waals surface area contributed by atoms with Crippen molar-refractivity contribution in [2.24, 2.45) is 23.2 Å². The molecule has 0 aromatic heterocycles. The molecule has 6 heteroatoms. The molecule has 34 heavy (non-hydrogen) atoms. The molecule has 1 saturated heterocycles. The number of alkyl halides is 2. The van der Waals surface area contributed by atoms with Gasteiger partial charge in [0.2, 0.25) is 0 Å². The zero-order valence-electron chi connectivity index (χ0n) is 20.9. The van der Waals surface area contributed by atoms with E-state index in [9.17, 15) is 19.0 Å². The number of allylic oxidation sites excluding steroid dienone is 3. The molecule has 0 amide bonds. The van der Waals surface area contributed by atoms with E-state index in [0.717, 1.165) is 31.5 Å². The summed E-state index contributed by atoms with van der Waals surface area (Å²) in [4.78, 5) is 2.16. The Morgan fingerprint density at radius 2 is 1.94 bits per heavy atom. The summed E-state index contributed by atoms with van der Waals surface area (Å²) in [5.74, 6) is 1.81. The van der Waals surface area contributed by atoms with Crippen LogP contribution in [-0.4, -0.2) is 66.1 Å². The number of fused-ring (bicyclic) bond motifs is 1. The van der Waals surface area contributed by atoms with Crippen molar-refractivity contribution in [1.82, 2.24) is 4.90 Å². The lowest BCUT2D eigenvalue weighted by molar-refractivity contribution is -0.103. The van der Waals surface area contributed by atoms with Crippen molar-refractivity contribution in [2.75, 3.05) is 26.2 Å². The minimum Gasteiger partial charge on any atom is -0.388 e. The molecular weight excluding hydrogens is 436 g/mol. The van der Waals surface area contributed by atoms with Gasteiger partial charge in [-0.25, -0.2) is 8.78 Å². The fourth-order valence-corrected chi connectivity index (χ4v) is 7.31. The first-order chi connectivity index (χ1) is 16.2. The van der Waals surface area contributed by atoms with Gasteiger partial charge in [0.05, 0.1) is 18.8 Å². The summed E-state index contributed by atoms with van der Waals surface area (Å²) in [5, 5.41) is 20.3. The second-order valence-corrected chi connectivity index (χ2v) is 11.5. The standard InChI is InChI=1S/C28H43F2NO3/c1-18(10-12-31-13-14-34-26(17-31)27(29)30)22-8-9-23-21(5-4-11-28(22,23)3)7-6-20-15-24(32)19(2)25(33)16-20/h6-7,18,22-27,32-33H,2,4-5,8-17H2,1,3H3/t18?,22-,23+,24-,25-,26?,28-/m1/s1. The Hall–Kier alpha value is -1.08. The van der Waals surface area contributed by atoms with Crippen molar-refractivity contribution in [3.63, 3.8) is 0 Å². The number of aliphatic hydroxyl groups excluding tert-OH is 2. The molecule has 7 atom stereocenters. The van der Waals surface area contributed by atoms with Crippen LogP contribution < -0.4 is 0 Å². The van der Waals surface area contributed by atoms with Crippen molar-refractivity contribution in [1.29, 1.82) is 0 Å². The van der Waals surface area contributed by atoms with Crippen LogP contribution in [0.2, 0.25) is 0 Å². The van der Waals surface area contributed by atoms with E-state index in [-0.39, 0.29) is 0 Å². The number of hydrogen-bond donors (Lipinski definition) is 2. The van der Waals surface area contributed by atoms with Gasteiger partial charge < -0.3 is 14.9 Å². The maximum absolute atomic E-state index is 13.1. The maximum atomic E-state index is 13.1. The second-order valence-electron chi connectivity index (χ2n) is 11.5. The lowest BCUT2D eigenvalue weighted by Crippen LogP contribution is -2.46. The van der Waals surface area contributed by atoms with Gasteiger partial charge in [-0.1, -0.05) is 43.7 Å². The smallest absolute Gasteiger partial charge is 0.265 e. The summed E-state index contributed by atoms with van der Waals surface area (Å²) in [6.45, 7) is 11.0. The number of halogens is 2. The Morgan fingerprint density at radius 3 is 2.65 bits per heavy atom. The van der Waals surface area contributed by atoms with Crippen LogP contribution in [0.5, 0.6) is 0 Å². The van der Waals surface area contributed by atoms with Gasteiger partial charge in [-0.2, -0.15) is 0 Å². The van der Waals surface area contributed by atoms with Gasteiger partial charge in [0.1, 0.15) is 6.10 Å². The summed E-state index contributed by atoms with van der Waals surface area (Å²) in [7, 11) is 0. The molecule has 3 saturated carbocycles. The van der Waals surface area contributed by atoms with E-state index in [4.69, 9.17) is 4.74 Å². The Bertz CT molecular complexity index is 781. The summed E-state index contributed by atoms with van der Waals surface area (Å²) >= 11 is 0. The summed E-state index contributed by atoms with van der Waals surface area (Å²) in [5.41, 5.74) is 3.45. The van der Waals surface area contributed by atoms with Crippen molar-refractivity contribution in [3.8, 4) is 0 Å². The topological polar surface area (TPSA) is 52.9 Å². The summed E-state index contributed by atoms with van der Waals surface area (Å²) < 4.78 is 31.3. The highest BCUT2D eigenvalue weighted by Gasteiger charge is 2.50. The largest absolute Gasteiger partial charge is 0.388 e. The molecular formula is C28H43F2NO3. The number of aliphatic hydroxyl groups is 2. The van der Waals surface area contributed by atoms with Gasteiger partial charge in [-0.05, 0) is 86.7 Å². The Morgan fingerprint density at radius 1 is 1.21 bits per heavy atom. The molecule has 3 aliphatic carbocycles. The van der Waals surface area contributed by atoms with Crippen LogP contribution in [0.15, 0.2) is 35.5 Å². The zero-order chi connectivity index (χ0) is 24.5. The first-order valence-electron chi connectivity index (χ1n) is 13.2. The monoisotopic (exact) mass is 479 g/mol. The highest BCUT2D eigenvalue weighted by Crippen LogP contribution is 2.59. The molecule has 4 nitrogen and oxygen atoms in total. The SMILES string of the molecule is C=C1[C@H](O)CC(=CC=C2CCC[C@]3(C)[C@@H](C(C)CCN4CCOC(C(F)F)C4)CC[C@@H]23)C[C@H]1O. The van der Waals surface area contributed by atoms with E-state index in [0.29, 0.717) is 54.7 Å². The van der Waals surface area contributed by atoms with Crippen LogP contribution in [0.3, 0.4) is 0 Å². The van der Waals surface area contributed by atoms with E-state index in [1.54, 1.807) is 0 Å². The van der Waals surface area contributed by atoms with Crippen LogP contribution in [0, 0.1) is 23.2 Å². The molecule has 1 aliphatic heterocycles. The average Bonchev–Trinajstić information content (AvgIpc) is 3.17. The van der Waals surface area contributed by atoms with Gasteiger partial charge in [-0.3, -0.25) is 4.90 Å². The molecule has 4 rings (SSSR count). The van der Waals surface area contributed by atoms with Crippen LogP contribution in [0.4, 0.5) is 8.78 Å². The highest BCUT2D eigenvalue weighted by molar-refractivity contribution is 5.29. The van der Waals surface area contributed by atoms with Crippen LogP contribution in [0.1, 0.15) is 65.2 Å². The highest BCUT2D eigenvalue weighted by atomic mass is 19.3. The van der Waals surface area contributed by atoms with E-state index in [1.165, 1.54) is 31.3 Å². The molecule has 0 aromatic carbocycles. The summed E-state index contributed by atoms with van der Waals surface area (Å²) in [6.07, 6.45) is 8.00. The van der Waals surface area contributed by atoms with Gasteiger partial charge >= 0.3 is 0 Å². The predicted molar refractivity (Wildman–Crippen MR) is 131 cm³/mol. The molecule has 0 spiro atoms. The van der Waals surface area contributed by atoms with Gasteiger partial charge in [-0.15, -0.1) is 0 Å². The second kappa shape index (κ2) is 10.9. The minimum atomic E-state index is -2.41. The van der Waals surface area contributed by atoms with Crippen molar-refractivity contribution in [2.45, 2.75) is 90.0 Å². The lowest BCUT2D eigenvalue weighted by Gasteiger charge is -2.45. The molecule has 0 bridgehead atoms. The van der Waals surface area contributed by atoms with Crippen LogP contribution >= 0.6 is 0 Å². The quantitative estimate of drug-likeness (QED) is 0.519. The zero-order valence-corrected chi connectivity index (χ0v) is 20.9. The fourth-order valence-electron chi connectivity index (χ4n) is 7.31. The predicted octanol–water partition coefficient (Wildman–Crippen LogP) is 5.12. The Kier molecular flexibility index (Phi) is 8.33. The van der Waals surface area contributed by atoms with Crippen LogP contribution in [-0.2, 0) is 4.74 Å². The van der Waals surface area contributed by atoms with E-state index in [2.05, 4.69) is 37.5 Å². The first kappa shape index (κ1) is 26.0. The molecule has 4 aliphatic rings. The molecule has 0 aromatic rings. The van der Waals surface area contributed by atoms with E-state index in [1.807, 2.05) is 0 Å². The molecule has 2 N–H and O–H groups in total. The van der Waals surface area contributed by atoms with Gasteiger partial charge in [0, 0.05) is 13.1 Å². The first-order valence-corrected chi connectivity index (χ1v) is 13.2. The number of hydrogen-bond acceptors (Lipinski definition) is 4. The lowest BCUT2D eigenvalue weighted by atomic mass is 9.61. The van der Waals surface area contributed by atoms with E-state index < -0.39 is 24.7 Å². The average molecular weight is 480 g/mol. The molecule has 1 heterocycles.